The van der Waals surface area contributed by atoms with Gasteiger partial charge in [-0.15, -0.1) is 12.4 Å². The molecule has 3 atom stereocenters. The van der Waals surface area contributed by atoms with Crippen LogP contribution in [0.5, 0.6) is 0 Å². The zero-order chi connectivity index (χ0) is 42.5. The number of piperidine rings is 3. The maximum atomic E-state index is 14.3. The van der Waals surface area contributed by atoms with E-state index in [2.05, 4.69) is 47.2 Å². The molecular weight excluding hydrogens is 831 g/mol. The Bertz CT molecular complexity index is 2480. The predicted molar refractivity (Wildman–Crippen MR) is 225 cm³/mol. The van der Waals surface area contributed by atoms with E-state index in [0.717, 1.165) is 42.5 Å². The molecule has 4 amide bonds. The van der Waals surface area contributed by atoms with E-state index in [4.69, 9.17) is 5.73 Å². The molecular formula is C41H49ClF3N13O4. The normalized spacial score (nSPS) is 23.7. The van der Waals surface area contributed by atoms with Crippen LogP contribution in [0.4, 0.5) is 30.4 Å². The number of amides is 4. The Labute approximate surface area is 360 Å². The lowest BCUT2D eigenvalue weighted by Crippen LogP contribution is -2.48. The molecule has 3 aliphatic heterocycles. The number of halogens is 4. The van der Waals surface area contributed by atoms with Gasteiger partial charge in [-0.05, 0) is 75.6 Å². The summed E-state index contributed by atoms with van der Waals surface area (Å²) in [5.74, 6) is -1.53. The van der Waals surface area contributed by atoms with Crippen LogP contribution in [0, 0.1) is 5.92 Å². The number of aromatic nitrogens is 7. The molecule has 62 heavy (non-hydrogen) atoms. The maximum absolute atomic E-state index is 14.3. The fourth-order valence-electron chi connectivity index (χ4n) is 9.38. The van der Waals surface area contributed by atoms with Crippen molar-refractivity contribution in [3.05, 3.63) is 59.8 Å². The Balaban J connectivity index is 0.00000529. The molecule has 1 unspecified atom stereocenters. The second-order valence-electron chi connectivity index (χ2n) is 16.8. The molecule has 0 bridgehead atoms. The van der Waals surface area contributed by atoms with Gasteiger partial charge in [0.25, 0.3) is 12.3 Å². The number of aryl methyl sites for hydroxylation is 1. The molecule has 4 aromatic heterocycles. The van der Waals surface area contributed by atoms with Crippen LogP contribution >= 0.6 is 12.4 Å². The highest BCUT2D eigenvalue weighted by molar-refractivity contribution is 6.08. The summed E-state index contributed by atoms with van der Waals surface area (Å²) in [6, 6.07) is 7.17. The number of carbonyl (C=O) groups excluding carboxylic acids is 4. The second kappa shape index (κ2) is 17.5. The maximum Gasteiger partial charge on any atom is 0.284 e. The highest BCUT2D eigenvalue weighted by Crippen LogP contribution is 2.36. The number of nitrogens with zero attached hydrogens (tertiary/aromatic N) is 9. The fraction of sp³-hybridized carbons (Fsp3) is 0.512. The highest BCUT2D eigenvalue weighted by Gasteiger charge is 2.34. The van der Waals surface area contributed by atoms with Crippen LogP contribution < -0.4 is 31.5 Å². The fourth-order valence-corrected chi connectivity index (χ4v) is 9.38. The number of hydrogen-bond acceptors (Lipinski definition) is 11. The van der Waals surface area contributed by atoms with Crippen molar-refractivity contribution in [1.29, 1.82) is 0 Å². The standard InChI is InChI=1S/C41H48F3N13O4.ClH/c1-53-32-17-27(6-7-28(32)35(51-53)29-8-9-34(58)50-40(29)60)54-13-10-25(11-14-54)47-39(59)22-2-4-26(5-3-22)57-21-31(36(52-57)37(43)44)48-41(61)30-18-46-56-15-12-33(49-38(30)56)55-19-23(42)16-24(45)20-55;/h6-7,12,15,17-18,21-26,29,37H,2-5,8-11,13-14,16,19-20,45H2,1H3,(H,47,59)(H,48,61)(H,50,58,60);1H/t22?,23-,24-,26?,29?;/m1./s1. The Morgan fingerprint density at radius 2 is 1.76 bits per heavy atom. The van der Waals surface area contributed by atoms with Gasteiger partial charge in [0, 0.05) is 74.6 Å². The van der Waals surface area contributed by atoms with E-state index in [1.165, 1.54) is 21.6 Å². The number of fused-ring (bicyclic) bond motifs is 2. The van der Waals surface area contributed by atoms with Gasteiger partial charge in [-0.1, -0.05) is 0 Å². The zero-order valence-corrected chi connectivity index (χ0v) is 34.9. The van der Waals surface area contributed by atoms with Crippen molar-refractivity contribution >= 4 is 69.8 Å². The molecule has 4 fully saturated rings. The number of carbonyl (C=O) groups is 4. The summed E-state index contributed by atoms with van der Waals surface area (Å²) in [6.07, 6.45) is 4.99. The molecule has 0 radical (unpaired) electrons. The lowest BCUT2D eigenvalue weighted by atomic mass is 9.85. The molecule has 4 aliphatic rings. The molecule has 1 saturated carbocycles. The van der Waals surface area contributed by atoms with Crippen LogP contribution in [-0.2, 0) is 21.4 Å². The third kappa shape index (κ3) is 8.53. The molecule has 7 heterocycles. The van der Waals surface area contributed by atoms with Gasteiger partial charge >= 0.3 is 0 Å². The Morgan fingerprint density at radius 1 is 0.984 bits per heavy atom. The monoisotopic (exact) mass is 879 g/mol. The third-order valence-electron chi connectivity index (χ3n) is 12.7. The summed E-state index contributed by atoms with van der Waals surface area (Å²) in [6.45, 7) is 2.00. The summed E-state index contributed by atoms with van der Waals surface area (Å²) < 4.78 is 47.4. The number of rotatable bonds is 9. The van der Waals surface area contributed by atoms with Gasteiger partial charge in [0.15, 0.2) is 11.3 Å². The van der Waals surface area contributed by atoms with Gasteiger partial charge < -0.3 is 26.2 Å². The smallest absolute Gasteiger partial charge is 0.284 e. The molecule has 1 aromatic carbocycles. The van der Waals surface area contributed by atoms with Crippen LogP contribution in [-0.4, -0.2) is 102 Å². The van der Waals surface area contributed by atoms with Crippen LogP contribution in [0.1, 0.15) is 97.9 Å². The van der Waals surface area contributed by atoms with Crippen LogP contribution in [0.2, 0.25) is 0 Å². The van der Waals surface area contributed by atoms with Crippen molar-refractivity contribution < 1.29 is 32.3 Å². The molecule has 5 N–H and O–H groups in total. The van der Waals surface area contributed by atoms with E-state index in [1.807, 2.05) is 19.2 Å². The first-order valence-electron chi connectivity index (χ1n) is 20.9. The van der Waals surface area contributed by atoms with E-state index in [9.17, 15) is 32.3 Å². The van der Waals surface area contributed by atoms with Crippen molar-refractivity contribution in [2.24, 2.45) is 18.7 Å². The summed E-state index contributed by atoms with van der Waals surface area (Å²) in [5, 5.41) is 22.2. The Hall–Kier alpha value is -5.76. The molecule has 3 saturated heterocycles. The quantitative estimate of drug-likeness (QED) is 0.154. The topological polar surface area (TPSA) is 203 Å². The molecule has 17 nitrogen and oxygen atoms in total. The summed E-state index contributed by atoms with van der Waals surface area (Å²) >= 11 is 0. The van der Waals surface area contributed by atoms with Gasteiger partial charge in [-0.25, -0.2) is 22.7 Å². The van der Waals surface area contributed by atoms with Crippen molar-refractivity contribution in [2.45, 2.75) is 94.4 Å². The molecule has 21 heteroatoms. The van der Waals surface area contributed by atoms with Gasteiger partial charge in [-0.2, -0.15) is 15.3 Å². The average molecular weight is 880 g/mol. The second-order valence-corrected chi connectivity index (χ2v) is 16.8. The van der Waals surface area contributed by atoms with Crippen molar-refractivity contribution in [1.82, 2.24) is 44.8 Å². The van der Waals surface area contributed by atoms with Crippen LogP contribution in [0.25, 0.3) is 16.6 Å². The van der Waals surface area contributed by atoms with Crippen LogP contribution in [0.3, 0.4) is 0 Å². The molecule has 330 valence electrons. The summed E-state index contributed by atoms with van der Waals surface area (Å²) in [4.78, 5) is 59.7. The Morgan fingerprint density at radius 3 is 2.48 bits per heavy atom. The third-order valence-corrected chi connectivity index (χ3v) is 12.7. The van der Waals surface area contributed by atoms with E-state index >= 15 is 0 Å². The first-order chi connectivity index (χ1) is 29.4. The highest BCUT2D eigenvalue weighted by atomic mass is 35.5. The molecule has 5 aromatic rings. The number of nitrogens with two attached hydrogens (primary N) is 1. The number of anilines is 3. The van der Waals surface area contributed by atoms with Crippen molar-refractivity contribution in [3.63, 3.8) is 0 Å². The van der Waals surface area contributed by atoms with E-state index in [-0.39, 0.29) is 90.5 Å². The van der Waals surface area contributed by atoms with E-state index < -0.39 is 30.1 Å². The average Bonchev–Trinajstić information content (AvgIpc) is 3.96. The summed E-state index contributed by atoms with van der Waals surface area (Å²) in [7, 11) is 1.85. The lowest BCUT2D eigenvalue weighted by molar-refractivity contribution is -0.134. The number of hydrogen-bond donors (Lipinski definition) is 4. The largest absolute Gasteiger partial charge is 0.371 e. The van der Waals surface area contributed by atoms with Gasteiger partial charge in [0.2, 0.25) is 17.7 Å². The van der Waals surface area contributed by atoms with E-state index in [0.29, 0.717) is 50.2 Å². The predicted octanol–water partition coefficient (Wildman–Crippen LogP) is 4.34. The summed E-state index contributed by atoms with van der Waals surface area (Å²) in [5.41, 5.74) is 8.18. The number of benzene rings is 1. The molecule has 1 aliphatic carbocycles. The first kappa shape index (κ1) is 42.9. The minimum absolute atomic E-state index is 0. The van der Waals surface area contributed by atoms with Gasteiger partial charge in [-0.3, -0.25) is 33.9 Å². The minimum atomic E-state index is -2.95. The van der Waals surface area contributed by atoms with Gasteiger partial charge in [0.05, 0.1) is 41.6 Å². The van der Waals surface area contributed by atoms with Crippen molar-refractivity contribution in [2.75, 3.05) is 41.3 Å². The SMILES string of the molecule is Cl.Cn1nc(C2CCC(=O)NC2=O)c2ccc(N3CCC(NC(=O)C4CCC(n5cc(NC(=O)c6cnn7ccc(N8C[C@H](N)C[C@@H](F)C8)nc67)c(C(F)F)n5)CC4)CC3)cc21. The first-order valence-corrected chi connectivity index (χ1v) is 20.9. The van der Waals surface area contributed by atoms with Crippen molar-refractivity contribution in [3.8, 4) is 0 Å². The number of alkyl halides is 3. The zero-order valence-electron chi connectivity index (χ0n) is 34.1. The number of imide groups is 1. The molecule has 9 rings (SSSR count). The number of nitrogens with one attached hydrogen (secondary N) is 3. The van der Waals surface area contributed by atoms with Crippen LogP contribution in [0.15, 0.2) is 42.9 Å². The molecule has 0 spiro atoms. The lowest BCUT2D eigenvalue weighted by Gasteiger charge is -2.35. The minimum Gasteiger partial charge on any atom is -0.371 e. The Kier molecular flexibility index (Phi) is 12.1. The van der Waals surface area contributed by atoms with Gasteiger partial charge in [0.1, 0.15) is 17.6 Å². The van der Waals surface area contributed by atoms with E-state index in [1.54, 1.807) is 21.8 Å².